The van der Waals surface area contributed by atoms with Gasteiger partial charge in [0.15, 0.2) is 6.23 Å². The number of ether oxygens (including phenoxy) is 1. The highest BCUT2D eigenvalue weighted by Crippen LogP contribution is 2.57. The molecule has 1 aromatic heterocycles. The van der Waals surface area contributed by atoms with Gasteiger partial charge >= 0.3 is 13.5 Å². The molecule has 6 atom stereocenters. The van der Waals surface area contributed by atoms with Crippen molar-refractivity contribution < 1.29 is 37.5 Å². The molecule has 33 heavy (non-hydrogen) atoms. The molecule has 0 bridgehead atoms. The van der Waals surface area contributed by atoms with Crippen LogP contribution in [0.1, 0.15) is 31.2 Å². The molecule has 0 saturated carbocycles. The highest BCUT2D eigenvalue weighted by Gasteiger charge is 2.54. The predicted octanol–water partition coefficient (Wildman–Crippen LogP) is 2.04. The molecule has 0 aliphatic carbocycles. The van der Waals surface area contributed by atoms with Gasteiger partial charge in [0, 0.05) is 22.7 Å². The van der Waals surface area contributed by atoms with Crippen LogP contribution in [0.2, 0.25) is 0 Å². The molecule has 2 aliphatic rings. The van der Waals surface area contributed by atoms with E-state index in [1.54, 1.807) is 0 Å². The van der Waals surface area contributed by atoms with E-state index in [-0.39, 0.29) is 24.4 Å². The molecule has 2 aromatic rings. The Bertz CT molecular complexity index is 1150. The summed E-state index contributed by atoms with van der Waals surface area (Å²) < 4.78 is 50.4. The van der Waals surface area contributed by atoms with Crippen LogP contribution in [0, 0.1) is 5.82 Å². The third kappa shape index (κ3) is 4.91. The van der Waals surface area contributed by atoms with Crippen LogP contribution in [0.3, 0.4) is 0 Å². The number of phosphoric acid groups is 1. The van der Waals surface area contributed by atoms with Gasteiger partial charge in [-0.15, -0.1) is 0 Å². The first-order chi connectivity index (χ1) is 15.5. The molecule has 4 rings (SSSR count). The van der Waals surface area contributed by atoms with Gasteiger partial charge in [-0.3, -0.25) is 18.1 Å². The molecule has 0 spiro atoms. The van der Waals surface area contributed by atoms with E-state index in [4.69, 9.17) is 24.0 Å². The average molecular weight is 550 g/mol. The van der Waals surface area contributed by atoms with Crippen LogP contribution in [0.15, 0.2) is 39.7 Å². The standard InChI is InChI=1S/C19H22BrFN3O8P/c1-19(27)16(25)14(31-17(19)24-6-4-15(22)23-18(24)26)9-30-33(28)29-7-5-13(32-33)11-8-10(20)2-3-12(11)21/h2-4,6,8,13-14,16-17,25,27H,5,7,9H2,1H3,(H2,22,23,26)/t13?,14-,16-,17-,19-,33?/m1/s1. The van der Waals surface area contributed by atoms with Gasteiger partial charge in [-0.2, -0.15) is 4.98 Å². The lowest BCUT2D eigenvalue weighted by molar-refractivity contribution is -0.0989. The highest BCUT2D eigenvalue weighted by atomic mass is 79.9. The van der Waals surface area contributed by atoms with Crippen LogP contribution in [0.4, 0.5) is 10.2 Å². The Morgan fingerprint density at radius 3 is 2.94 bits per heavy atom. The molecule has 11 nitrogen and oxygen atoms in total. The van der Waals surface area contributed by atoms with Crippen molar-refractivity contribution in [2.45, 2.75) is 43.5 Å². The fraction of sp³-hybridized carbons (Fsp3) is 0.474. The van der Waals surface area contributed by atoms with Gasteiger partial charge in [0.2, 0.25) is 0 Å². The normalized spacial score (nSPS) is 34.5. The summed E-state index contributed by atoms with van der Waals surface area (Å²) >= 11 is 3.26. The van der Waals surface area contributed by atoms with Crippen LogP contribution >= 0.6 is 23.8 Å². The van der Waals surface area contributed by atoms with E-state index in [0.717, 1.165) is 4.57 Å². The number of hydrogen-bond acceptors (Lipinski definition) is 10. The highest BCUT2D eigenvalue weighted by molar-refractivity contribution is 9.10. The van der Waals surface area contributed by atoms with Gasteiger partial charge in [0.25, 0.3) is 0 Å². The first kappa shape index (κ1) is 24.4. The predicted molar refractivity (Wildman–Crippen MR) is 116 cm³/mol. The summed E-state index contributed by atoms with van der Waals surface area (Å²) in [6.07, 6.45) is -3.41. The summed E-state index contributed by atoms with van der Waals surface area (Å²) in [5.74, 6) is -0.553. The van der Waals surface area contributed by atoms with Crippen LogP contribution < -0.4 is 11.4 Å². The Hall–Kier alpha value is -1.70. The Morgan fingerprint density at radius 1 is 1.45 bits per heavy atom. The van der Waals surface area contributed by atoms with Crippen molar-refractivity contribution in [2.75, 3.05) is 18.9 Å². The van der Waals surface area contributed by atoms with E-state index >= 15 is 0 Å². The number of aliphatic hydroxyl groups is 2. The minimum Gasteiger partial charge on any atom is -0.387 e. The van der Waals surface area contributed by atoms with E-state index < -0.39 is 56.1 Å². The number of phosphoric ester groups is 1. The summed E-state index contributed by atoms with van der Waals surface area (Å²) in [5, 5.41) is 21.3. The van der Waals surface area contributed by atoms with E-state index in [9.17, 15) is 24.0 Å². The molecule has 0 radical (unpaired) electrons. The van der Waals surface area contributed by atoms with Crippen LogP contribution in [0.25, 0.3) is 0 Å². The monoisotopic (exact) mass is 549 g/mol. The minimum atomic E-state index is -4.15. The molecule has 2 aliphatic heterocycles. The average Bonchev–Trinajstić information content (AvgIpc) is 2.97. The smallest absolute Gasteiger partial charge is 0.387 e. The molecule has 2 saturated heterocycles. The third-order valence-electron chi connectivity index (χ3n) is 5.45. The number of aromatic nitrogens is 2. The van der Waals surface area contributed by atoms with E-state index in [1.807, 2.05) is 0 Å². The van der Waals surface area contributed by atoms with Crippen molar-refractivity contribution in [2.24, 2.45) is 0 Å². The van der Waals surface area contributed by atoms with Gasteiger partial charge in [0.05, 0.1) is 19.3 Å². The van der Waals surface area contributed by atoms with Gasteiger partial charge in [-0.1, -0.05) is 15.9 Å². The molecule has 4 N–H and O–H groups in total. The van der Waals surface area contributed by atoms with E-state index in [1.165, 1.54) is 37.4 Å². The Morgan fingerprint density at radius 2 is 2.21 bits per heavy atom. The lowest BCUT2D eigenvalue weighted by atomic mass is 9.96. The largest absolute Gasteiger partial charge is 0.475 e. The number of aliphatic hydroxyl groups excluding tert-OH is 1. The Labute approximate surface area is 196 Å². The summed E-state index contributed by atoms with van der Waals surface area (Å²) in [7, 11) is -4.15. The van der Waals surface area contributed by atoms with Crippen LogP contribution in [-0.4, -0.2) is 50.8 Å². The number of nitrogens with zero attached hydrogens (tertiary/aromatic N) is 2. The molecule has 14 heteroatoms. The SMILES string of the molecule is C[C@@]1(O)[C@H](O)[C@@H](COP2(=O)OCCC(c3cc(Br)ccc3F)O2)O[C@H]1n1ccc(N)nc1=O. The van der Waals surface area contributed by atoms with Crippen molar-refractivity contribution >= 4 is 29.6 Å². The topological polar surface area (TPSA) is 155 Å². The molecular weight excluding hydrogens is 528 g/mol. The van der Waals surface area contributed by atoms with Crippen LogP contribution in [0.5, 0.6) is 0 Å². The van der Waals surface area contributed by atoms with Gasteiger partial charge in [-0.05, 0) is 31.2 Å². The van der Waals surface area contributed by atoms with Gasteiger partial charge in [-0.25, -0.2) is 13.8 Å². The number of nitrogens with two attached hydrogens (primary N) is 1. The first-order valence-electron chi connectivity index (χ1n) is 9.93. The van der Waals surface area contributed by atoms with Crippen molar-refractivity contribution in [3.8, 4) is 0 Å². The number of rotatable bonds is 5. The van der Waals surface area contributed by atoms with E-state index in [0.29, 0.717) is 4.47 Å². The molecular formula is C19H22BrFN3O8P. The molecule has 2 unspecified atom stereocenters. The van der Waals surface area contributed by atoms with E-state index in [2.05, 4.69) is 20.9 Å². The Kier molecular flexibility index (Phi) is 6.78. The maximum Gasteiger partial charge on any atom is 0.475 e. The molecule has 180 valence electrons. The number of anilines is 1. The molecule has 2 fully saturated rings. The first-order valence-corrected chi connectivity index (χ1v) is 12.2. The summed E-state index contributed by atoms with van der Waals surface area (Å²) in [6.45, 7) is 0.748. The number of benzene rings is 1. The zero-order valence-corrected chi connectivity index (χ0v) is 19.8. The lowest BCUT2D eigenvalue weighted by Crippen LogP contribution is -2.46. The zero-order valence-electron chi connectivity index (χ0n) is 17.3. The lowest BCUT2D eigenvalue weighted by Gasteiger charge is -2.30. The number of halogens is 2. The second-order valence-corrected chi connectivity index (χ2v) is 10.4. The summed E-state index contributed by atoms with van der Waals surface area (Å²) in [4.78, 5) is 15.7. The van der Waals surface area contributed by atoms with Crippen molar-refractivity contribution in [3.05, 3.63) is 56.8 Å². The fourth-order valence-electron chi connectivity index (χ4n) is 3.70. The zero-order chi connectivity index (χ0) is 24.0. The number of nitrogen functional groups attached to an aromatic ring is 1. The Balaban J connectivity index is 1.47. The molecule has 0 amide bonds. The van der Waals surface area contributed by atoms with Crippen LogP contribution in [-0.2, 0) is 22.9 Å². The van der Waals surface area contributed by atoms with Gasteiger partial charge in [0.1, 0.15) is 29.4 Å². The third-order valence-corrected chi connectivity index (χ3v) is 7.42. The maximum atomic E-state index is 14.2. The second-order valence-electron chi connectivity index (χ2n) is 7.86. The quantitative estimate of drug-likeness (QED) is 0.471. The van der Waals surface area contributed by atoms with Crippen molar-refractivity contribution in [1.29, 1.82) is 0 Å². The fourth-order valence-corrected chi connectivity index (χ4v) is 5.46. The summed E-state index contributed by atoms with van der Waals surface area (Å²) in [5.41, 5.74) is 2.96. The summed E-state index contributed by atoms with van der Waals surface area (Å²) in [6, 6.07) is 5.63. The maximum absolute atomic E-state index is 14.2. The number of hydrogen-bond donors (Lipinski definition) is 3. The molecule has 1 aromatic carbocycles. The minimum absolute atomic E-state index is 0.0181. The van der Waals surface area contributed by atoms with Crippen molar-refractivity contribution in [1.82, 2.24) is 9.55 Å². The van der Waals surface area contributed by atoms with Crippen molar-refractivity contribution in [3.63, 3.8) is 0 Å². The van der Waals surface area contributed by atoms with Gasteiger partial charge < -0.3 is 20.7 Å². The second kappa shape index (κ2) is 9.16. The molecule has 3 heterocycles.